The van der Waals surface area contributed by atoms with Gasteiger partial charge in [0.25, 0.3) is 0 Å². The van der Waals surface area contributed by atoms with Gasteiger partial charge in [-0.05, 0) is 17.7 Å². The van der Waals surface area contributed by atoms with E-state index in [-0.39, 0.29) is 5.82 Å². The molecule has 0 N–H and O–H groups in total. The van der Waals surface area contributed by atoms with Gasteiger partial charge in [0.15, 0.2) is 0 Å². The van der Waals surface area contributed by atoms with Crippen LogP contribution in [0.1, 0.15) is 11.4 Å². The lowest BCUT2D eigenvalue weighted by Crippen LogP contribution is -2.04. The van der Waals surface area contributed by atoms with E-state index < -0.39 is 11.7 Å². The summed E-state index contributed by atoms with van der Waals surface area (Å²) in [6.45, 7) is 0. The Hall–Kier alpha value is -2.42. The molecule has 0 fully saturated rings. The Bertz CT molecular complexity index is 597. The number of rotatable bonds is 1. The summed E-state index contributed by atoms with van der Waals surface area (Å²) >= 11 is 0. The standard InChI is InChI=1S/C12H6F3N3/c13-12(14,15)10-3-1-2-8(4-10)9-6-17-11(5-16)18-7-9/h1-4,6-7H. The molecule has 0 atom stereocenters. The number of hydrogen-bond donors (Lipinski definition) is 0. The first-order chi connectivity index (χ1) is 8.50. The minimum atomic E-state index is -4.39. The molecule has 18 heavy (non-hydrogen) atoms. The Morgan fingerprint density at radius 3 is 2.28 bits per heavy atom. The lowest BCUT2D eigenvalue weighted by atomic mass is 10.1. The number of aromatic nitrogens is 2. The first kappa shape index (κ1) is 12.0. The van der Waals surface area contributed by atoms with E-state index in [9.17, 15) is 13.2 Å². The topological polar surface area (TPSA) is 49.6 Å². The fourth-order valence-electron chi connectivity index (χ4n) is 1.41. The normalized spacial score (nSPS) is 11.0. The van der Waals surface area contributed by atoms with E-state index in [0.29, 0.717) is 11.1 Å². The molecule has 0 unspecified atom stereocenters. The number of hydrogen-bond acceptors (Lipinski definition) is 3. The Morgan fingerprint density at radius 2 is 1.72 bits per heavy atom. The zero-order chi connectivity index (χ0) is 13.2. The van der Waals surface area contributed by atoms with Gasteiger partial charge in [-0.3, -0.25) is 0 Å². The van der Waals surface area contributed by atoms with E-state index in [4.69, 9.17) is 5.26 Å². The molecule has 0 aliphatic rings. The van der Waals surface area contributed by atoms with Crippen LogP contribution in [0.4, 0.5) is 13.2 Å². The minimum absolute atomic E-state index is 0.0225. The molecule has 3 nitrogen and oxygen atoms in total. The SMILES string of the molecule is N#Cc1ncc(-c2cccc(C(F)(F)F)c2)cn1. The lowest BCUT2D eigenvalue weighted by Gasteiger charge is -2.08. The molecule has 1 aromatic heterocycles. The lowest BCUT2D eigenvalue weighted by molar-refractivity contribution is -0.137. The Kier molecular flexibility index (Phi) is 2.98. The molecular formula is C12H6F3N3. The number of halogens is 3. The number of nitrogens with zero attached hydrogens (tertiary/aromatic N) is 3. The molecule has 0 aliphatic carbocycles. The van der Waals surface area contributed by atoms with Crippen molar-refractivity contribution in [3.8, 4) is 17.2 Å². The molecule has 2 rings (SSSR count). The third kappa shape index (κ3) is 2.46. The quantitative estimate of drug-likeness (QED) is 0.780. The summed E-state index contributed by atoms with van der Waals surface area (Å²) in [6, 6.07) is 6.60. The van der Waals surface area contributed by atoms with Crippen LogP contribution in [-0.2, 0) is 6.18 Å². The van der Waals surface area contributed by atoms with E-state index in [2.05, 4.69) is 9.97 Å². The minimum Gasteiger partial charge on any atom is -0.227 e. The van der Waals surface area contributed by atoms with Crippen LogP contribution >= 0.6 is 0 Å². The summed E-state index contributed by atoms with van der Waals surface area (Å²) in [6.07, 6.45) is -1.74. The van der Waals surface area contributed by atoms with Crippen molar-refractivity contribution in [2.24, 2.45) is 0 Å². The third-order valence-corrected chi connectivity index (χ3v) is 2.28. The van der Waals surface area contributed by atoms with E-state index in [1.54, 1.807) is 6.07 Å². The zero-order valence-electron chi connectivity index (χ0n) is 8.94. The van der Waals surface area contributed by atoms with Crippen molar-refractivity contribution in [1.82, 2.24) is 9.97 Å². The molecule has 0 radical (unpaired) electrons. The first-order valence-electron chi connectivity index (χ1n) is 4.90. The second kappa shape index (κ2) is 4.45. The van der Waals surface area contributed by atoms with Gasteiger partial charge in [0, 0.05) is 18.0 Å². The van der Waals surface area contributed by atoms with Crippen LogP contribution in [0.25, 0.3) is 11.1 Å². The van der Waals surface area contributed by atoms with Crippen LogP contribution in [0.2, 0.25) is 0 Å². The molecule has 2 aromatic rings. The summed E-state index contributed by atoms with van der Waals surface area (Å²) < 4.78 is 37.6. The van der Waals surface area contributed by atoms with Crippen LogP contribution in [0, 0.1) is 11.3 Å². The van der Waals surface area contributed by atoms with Gasteiger partial charge in [-0.1, -0.05) is 12.1 Å². The predicted molar refractivity (Wildman–Crippen MR) is 57.2 cm³/mol. The van der Waals surface area contributed by atoms with Gasteiger partial charge in [0.1, 0.15) is 6.07 Å². The summed E-state index contributed by atoms with van der Waals surface area (Å²) in [5.74, 6) is -0.0225. The van der Waals surface area contributed by atoms with Crippen LogP contribution in [-0.4, -0.2) is 9.97 Å². The first-order valence-corrected chi connectivity index (χ1v) is 4.90. The van der Waals surface area contributed by atoms with Crippen molar-refractivity contribution in [1.29, 1.82) is 5.26 Å². The maximum Gasteiger partial charge on any atom is 0.416 e. The van der Waals surface area contributed by atoms with Crippen molar-refractivity contribution in [2.75, 3.05) is 0 Å². The highest BCUT2D eigenvalue weighted by Crippen LogP contribution is 2.31. The second-order valence-electron chi connectivity index (χ2n) is 3.49. The Morgan fingerprint density at radius 1 is 1.06 bits per heavy atom. The molecule has 0 saturated heterocycles. The summed E-state index contributed by atoms with van der Waals surface area (Å²) in [7, 11) is 0. The summed E-state index contributed by atoms with van der Waals surface area (Å²) in [5, 5.41) is 8.53. The van der Waals surface area contributed by atoms with Crippen molar-refractivity contribution in [2.45, 2.75) is 6.18 Å². The maximum absolute atomic E-state index is 12.5. The summed E-state index contributed by atoms with van der Waals surface area (Å²) in [5.41, 5.74) is 0.0544. The molecule has 0 aliphatic heterocycles. The monoisotopic (exact) mass is 249 g/mol. The van der Waals surface area contributed by atoms with Gasteiger partial charge >= 0.3 is 6.18 Å². The molecule has 6 heteroatoms. The molecular weight excluding hydrogens is 243 g/mol. The highest BCUT2D eigenvalue weighted by Gasteiger charge is 2.30. The van der Waals surface area contributed by atoms with Crippen LogP contribution in [0.3, 0.4) is 0 Å². The molecule has 0 bridgehead atoms. The average Bonchev–Trinajstić information content (AvgIpc) is 2.38. The van der Waals surface area contributed by atoms with Gasteiger partial charge in [-0.15, -0.1) is 0 Å². The van der Waals surface area contributed by atoms with Gasteiger partial charge < -0.3 is 0 Å². The third-order valence-electron chi connectivity index (χ3n) is 2.28. The molecule has 90 valence electrons. The Labute approximate surface area is 101 Å². The molecule has 1 heterocycles. The maximum atomic E-state index is 12.5. The van der Waals surface area contributed by atoms with Gasteiger partial charge in [0.05, 0.1) is 5.56 Å². The van der Waals surface area contributed by atoms with E-state index in [1.807, 2.05) is 0 Å². The predicted octanol–water partition coefficient (Wildman–Crippen LogP) is 3.03. The van der Waals surface area contributed by atoms with Crippen molar-refractivity contribution in [3.63, 3.8) is 0 Å². The van der Waals surface area contributed by atoms with Crippen molar-refractivity contribution < 1.29 is 13.2 Å². The molecule has 0 saturated carbocycles. The zero-order valence-corrected chi connectivity index (χ0v) is 8.94. The number of nitriles is 1. The largest absolute Gasteiger partial charge is 0.416 e. The smallest absolute Gasteiger partial charge is 0.227 e. The highest BCUT2D eigenvalue weighted by atomic mass is 19.4. The van der Waals surface area contributed by atoms with Crippen LogP contribution in [0.15, 0.2) is 36.7 Å². The molecule has 0 amide bonds. The van der Waals surface area contributed by atoms with Crippen LogP contribution in [0.5, 0.6) is 0 Å². The van der Waals surface area contributed by atoms with E-state index in [1.165, 1.54) is 24.5 Å². The van der Waals surface area contributed by atoms with E-state index >= 15 is 0 Å². The fourth-order valence-corrected chi connectivity index (χ4v) is 1.41. The summed E-state index contributed by atoms with van der Waals surface area (Å²) in [4.78, 5) is 7.42. The average molecular weight is 249 g/mol. The van der Waals surface area contributed by atoms with Crippen molar-refractivity contribution in [3.05, 3.63) is 48.0 Å². The number of benzene rings is 1. The Balaban J connectivity index is 2.42. The van der Waals surface area contributed by atoms with Gasteiger partial charge in [0.2, 0.25) is 5.82 Å². The van der Waals surface area contributed by atoms with Gasteiger partial charge in [-0.2, -0.15) is 18.4 Å². The molecule has 1 aromatic carbocycles. The van der Waals surface area contributed by atoms with Crippen LogP contribution < -0.4 is 0 Å². The second-order valence-corrected chi connectivity index (χ2v) is 3.49. The number of alkyl halides is 3. The fraction of sp³-hybridized carbons (Fsp3) is 0.0833. The highest BCUT2D eigenvalue weighted by molar-refractivity contribution is 5.62. The van der Waals surface area contributed by atoms with Crippen molar-refractivity contribution >= 4 is 0 Å². The van der Waals surface area contributed by atoms with E-state index in [0.717, 1.165) is 12.1 Å². The van der Waals surface area contributed by atoms with Gasteiger partial charge in [-0.25, -0.2) is 9.97 Å². The molecule has 0 spiro atoms.